The summed E-state index contributed by atoms with van der Waals surface area (Å²) in [5.74, 6) is 1.47. The molecule has 0 aliphatic heterocycles. The summed E-state index contributed by atoms with van der Waals surface area (Å²) >= 11 is 0. The number of methoxy groups -OCH3 is 1. The molecule has 1 aliphatic carbocycles. The van der Waals surface area contributed by atoms with Crippen molar-refractivity contribution in [2.75, 3.05) is 25.6 Å². The number of carbonyl (C=O) groups is 1. The highest BCUT2D eigenvalue weighted by molar-refractivity contribution is 5.93. The van der Waals surface area contributed by atoms with Crippen LogP contribution in [0.4, 0.5) is 5.69 Å². The minimum Gasteiger partial charge on any atom is -0.497 e. The van der Waals surface area contributed by atoms with Crippen LogP contribution >= 0.6 is 0 Å². The lowest BCUT2D eigenvalue weighted by Gasteiger charge is -2.10. The second kappa shape index (κ2) is 7.68. The van der Waals surface area contributed by atoms with Crippen LogP contribution in [0.2, 0.25) is 0 Å². The van der Waals surface area contributed by atoms with Crippen molar-refractivity contribution in [2.45, 2.75) is 18.9 Å². The van der Waals surface area contributed by atoms with E-state index in [4.69, 9.17) is 9.47 Å². The van der Waals surface area contributed by atoms with Crippen molar-refractivity contribution in [1.82, 2.24) is 10.3 Å². The maximum absolute atomic E-state index is 12.0. The molecular formula is C18H21N3O3. The van der Waals surface area contributed by atoms with Gasteiger partial charge in [-0.2, -0.15) is 0 Å². The van der Waals surface area contributed by atoms with E-state index in [0.717, 1.165) is 30.0 Å². The van der Waals surface area contributed by atoms with Crippen LogP contribution in [0.25, 0.3) is 0 Å². The Morgan fingerprint density at radius 3 is 2.67 bits per heavy atom. The van der Waals surface area contributed by atoms with Crippen LogP contribution in [0.1, 0.15) is 23.3 Å². The monoisotopic (exact) mass is 327 g/mol. The molecule has 0 radical (unpaired) electrons. The van der Waals surface area contributed by atoms with Crippen molar-refractivity contribution in [1.29, 1.82) is 0 Å². The number of aromatic nitrogens is 1. The Hall–Kier alpha value is -2.76. The Labute approximate surface area is 141 Å². The van der Waals surface area contributed by atoms with Crippen molar-refractivity contribution >= 4 is 11.6 Å². The van der Waals surface area contributed by atoms with Gasteiger partial charge < -0.3 is 20.1 Å². The molecule has 24 heavy (non-hydrogen) atoms. The first-order valence-electron chi connectivity index (χ1n) is 8.02. The Balaban J connectivity index is 1.44. The number of nitrogens with one attached hydrogen (secondary N) is 2. The Morgan fingerprint density at radius 1 is 1.21 bits per heavy atom. The fourth-order valence-corrected chi connectivity index (χ4v) is 2.19. The summed E-state index contributed by atoms with van der Waals surface area (Å²) in [4.78, 5) is 16.1. The molecule has 0 unspecified atom stereocenters. The molecule has 0 atom stereocenters. The molecule has 1 amide bonds. The van der Waals surface area contributed by atoms with Gasteiger partial charge in [-0.3, -0.25) is 9.78 Å². The van der Waals surface area contributed by atoms with Gasteiger partial charge in [-0.25, -0.2) is 0 Å². The van der Waals surface area contributed by atoms with E-state index >= 15 is 0 Å². The third-order valence-electron chi connectivity index (χ3n) is 3.66. The number of carbonyl (C=O) groups excluding carboxylic acids is 1. The number of anilines is 1. The molecule has 3 rings (SSSR count). The summed E-state index contributed by atoms with van der Waals surface area (Å²) in [6.07, 6.45) is 3.76. The Kier molecular flexibility index (Phi) is 5.15. The predicted octanol–water partition coefficient (Wildman–Crippen LogP) is 2.47. The van der Waals surface area contributed by atoms with Gasteiger partial charge in [-0.1, -0.05) is 0 Å². The summed E-state index contributed by atoms with van der Waals surface area (Å²) in [5.41, 5.74) is 1.28. The molecule has 126 valence electrons. The molecule has 0 bridgehead atoms. The van der Waals surface area contributed by atoms with E-state index in [1.165, 1.54) is 0 Å². The Bertz CT molecular complexity index is 684. The molecule has 2 aromatic rings. The normalized spacial score (nSPS) is 13.2. The van der Waals surface area contributed by atoms with Gasteiger partial charge in [0.15, 0.2) is 0 Å². The highest BCUT2D eigenvalue weighted by atomic mass is 16.5. The highest BCUT2D eigenvalue weighted by Crippen LogP contribution is 2.19. The SMILES string of the molecule is COc1ccc(OCCNc2ccnc(C(=O)NC3CC3)c2)cc1. The van der Waals surface area contributed by atoms with E-state index in [1.54, 1.807) is 19.4 Å². The van der Waals surface area contributed by atoms with E-state index in [1.807, 2.05) is 30.3 Å². The third-order valence-corrected chi connectivity index (χ3v) is 3.66. The van der Waals surface area contributed by atoms with Crippen LogP contribution < -0.4 is 20.1 Å². The van der Waals surface area contributed by atoms with Gasteiger partial charge in [0.1, 0.15) is 23.8 Å². The van der Waals surface area contributed by atoms with Gasteiger partial charge in [0, 0.05) is 24.5 Å². The van der Waals surface area contributed by atoms with Crippen LogP contribution in [-0.2, 0) is 0 Å². The molecule has 1 aromatic carbocycles. The molecule has 1 fully saturated rings. The first-order chi connectivity index (χ1) is 11.7. The van der Waals surface area contributed by atoms with Gasteiger partial charge in [0.05, 0.1) is 7.11 Å². The lowest BCUT2D eigenvalue weighted by Crippen LogP contribution is -2.26. The van der Waals surface area contributed by atoms with Crippen LogP contribution in [0.5, 0.6) is 11.5 Å². The minimum absolute atomic E-state index is 0.115. The zero-order chi connectivity index (χ0) is 16.8. The number of rotatable bonds is 8. The molecule has 0 saturated heterocycles. The summed E-state index contributed by atoms with van der Waals surface area (Å²) < 4.78 is 10.8. The molecule has 1 saturated carbocycles. The van der Waals surface area contributed by atoms with Crippen molar-refractivity contribution in [3.05, 3.63) is 48.3 Å². The minimum atomic E-state index is -0.115. The Morgan fingerprint density at radius 2 is 1.96 bits per heavy atom. The second-order valence-electron chi connectivity index (χ2n) is 5.63. The van der Waals surface area contributed by atoms with Gasteiger partial charge in [0.2, 0.25) is 0 Å². The van der Waals surface area contributed by atoms with Crippen molar-refractivity contribution in [3.8, 4) is 11.5 Å². The number of nitrogens with zero attached hydrogens (tertiary/aromatic N) is 1. The van der Waals surface area contributed by atoms with E-state index < -0.39 is 0 Å². The largest absolute Gasteiger partial charge is 0.497 e. The fourth-order valence-electron chi connectivity index (χ4n) is 2.19. The number of benzene rings is 1. The molecule has 6 nitrogen and oxygen atoms in total. The second-order valence-corrected chi connectivity index (χ2v) is 5.63. The number of ether oxygens (including phenoxy) is 2. The van der Waals surface area contributed by atoms with Gasteiger partial charge in [-0.05, 0) is 49.2 Å². The first-order valence-corrected chi connectivity index (χ1v) is 8.02. The van der Waals surface area contributed by atoms with Crippen molar-refractivity contribution in [3.63, 3.8) is 0 Å². The molecular weight excluding hydrogens is 306 g/mol. The van der Waals surface area contributed by atoms with Crippen molar-refractivity contribution in [2.24, 2.45) is 0 Å². The molecule has 1 heterocycles. The summed E-state index contributed by atoms with van der Waals surface area (Å²) in [6, 6.07) is 11.4. The lowest BCUT2D eigenvalue weighted by atomic mass is 10.3. The molecule has 0 spiro atoms. The lowest BCUT2D eigenvalue weighted by molar-refractivity contribution is 0.0946. The van der Waals surface area contributed by atoms with Crippen LogP contribution in [-0.4, -0.2) is 37.2 Å². The number of pyridine rings is 1. The number of amides is 1. The van der Waals surface area contributed by atoms with E-state index in [9.17, 15) is 4.79 Å². The maximum atomic E-state index is 12.0. The summed E-state index contributed by atoms with van der Waals surface area (Å²) in [7, 11) is 1.63. The van der Waals surface area contributed by atoms with Crippen LogP contribution in [0, 0.1) is 0 Å². The summed E-state index contributed by atoms with van der Waals surface area (Å²) in [5, 5.41) is 6.16. The maximum Gasteiger partial charge on any atom is 0.270 e. The smallest absolute Gasteiger partial charge is 0.270 e. The van der Waals surface area contributed by atoms with Crippen LogP contribution in [0.3, 0.4) is 0 Å². The molecule has 1 aromatic heterocycles. The first kappa shape index (κ1) is 16.1. The zero-order valence-electron chi connectivity index (χ0n) is 13.6. The molecule has 2 N–H and O–H groups in total. The van der Waals surface area contributed by atoms with Gasteiger partial charge in [-0.15, -0.1) is 0 Å². The average Bonchev–Trinajstić information content (AvgIpc) is 3.43. The average molecular weight is 327 g/mol. The van der Waals surface area contributed by atoms with E-state index in [2.05, 4.69) is 15.6 Å². The van der Waals surface area contributed by atoms with Crippen LogP contribution in [0.15, 0.2) is 42.6 Å². The number of hydrogen-bond acceptors (Lipinski definition) is 5. The standard InChI is InChI=1S/C18H21N3O3/c1-23-15-4-6-16(7-5-15)24-11-10-19-14-8-9-20-17(12-14)18(22)21-13-2-3-13/h4-9,12-13H,2-3,10-11H2,1H3,(H,19,20)(H,21,22). The third kappa shape index (κ3) is 4.62. The highest BCUT2D eigenvalue weighted by Gasteiger charge is 2.24. The topological polar surface area (TPSA) is 72.5 Å². The van der Waals surface area contributed by atoms with Crippen molar-refractivity contribution < 1.29 is 14.3 Å². The predicted molar refractivity (Wildman–Crippen MR) is 91.7 cm³/mol. The molecule has 6 heteroatoms. The van der Waals surface area contributed by atoms with E-state index in [0.29, 0.717) is 24.9 Å². The fraction of sp³-hybridized carbons (Fsp3) is 0.333. The quantitative estimate of drug-likeness (QED) is 0.729. The zero-order valence-corrected chi connectivity index (χ0v) is 13.6. The molecule has 1 aliphatic rings. The summed E-state index contributed by atoms with van der Waals surface area (Å²) in [6.45, 7) is 1.14. The van der Waals surface area contributed by atoms with E-state index in [-0.39, 0.29) is 5.91 Å². The number of hydrogen-bond donors (Lipinski definition) is 2. The van der Waals surface area contributed by atoms with Gasteiger partial charge in [0.25, 0.3) is 5.91 Å². The van der Waals surface area contributed by atoms with Gasteiger partial charge >= 0.3 is 0 Å².